The molecule has 0 heterocycles. The number of hydrogen-bond donors (Lipinski definition) is 2. The van der Waals surface area contributed by atoms with Crippen molar-refractivity contribution in [2.24, 2.45) is 0 Å². The summed E-state index contributed by atoms with van der Waals surface area (Å²) in [5.41, 5.74) is 7.21. The summed E-state index contributed by atoms with van der Waals surface area (Å²) >= 11 is 3.43. The van der Waals surface area contributed by atoms with Crippen LogP contribution in [0.5, 0.6) is 5.75 Å². The van der Waals surface area contributed by atoms with Gasteiger partial charge in [-0.2, -0.15) is 0 Å². The molecule has 0 aliphatic rings. The van der Waals surface area contributed by atoms with Crippen LogP contribution in [0.25, 0.3) is 0 Å². The van der Waals surface area contributed by atoms with Crippen LogP contribution >= 0.6 is 15.9 Å². The van der Waals surface area contributed by atoms with Gasteiger partial charge in [0.15, 0.2) is 0 Å². The van der Waals surface area contributed by atoms with E-state index in [9.17, 15) is 4.79 Å². The second-order valence-corrected chi connectivity index (χ2v) is 4.79. The van der Waals surface area contributed by atoms with Crippen LogP contribution < -0.4 is 10.5 Å². The fraction of sp³-hybridized carbons (Fsp3) is 0.0714. The minimum Gasteiger partial charge on any atom is -0.487 e. The van der Waals surface area contributed by atoms with E-state index in [0.717, 1.165) is 10.0 Å². The molecule has 0 radical (unpaired) electrons. The molecule has 0 fully saturated rings. The number of rotatable bonds is 4. The number of benzene rings is 2. The molecule has 0 aromatic heterocycles. The lowest BCUT2D eigenvalue weighted by Crippen LogP contribution is -2.02. The molecule has 0 atom stereocenters. The maximum Gasteiger partial charge on any atom is 0.335 e. The molecule has 0 amide bonds. The molecule has 2 rings (SSSR count). The van der Waals surface area contributed by atoms with Gasteiger partial charge in [0.05, 0.1) is 11.3 Å². The number of carbonyl (C=O) groups is 1. The van der Waals surface area contributed by atoms with E-state index in [1.165, 1.54) is 12.1 Å². The highest BCUT2D eigenvalue weighted by Crippen LogP contribution is 2.25. The predicted octanol–water partition coefficient (Wildman–Crippen LogP) is 3.31. The van der Waals surface area contributed by atoms with E-state index in [4.69, 9.17) is 15.6 Å². The van der Waals surface area contributed by atoms with Gasteiger partial charge in [-0.25, -0.2) is 4.79 Å². The number of aromatic carboxylic acids is 1. The van der Waals surface area contributed by atoms with Crippen molar-refractivity contribution in [3.8, 4) is 5.75 Å². The van der Waals surface area contributed by atoms with Crippen LogP contribution in [0.4, 0.5) is 5.69 Å². The highest BCUT2D eigenvalue weighted by Gasteiger charge is 2.08. The Kier molecular flexibility index (Phi) is 4.06. The number of halogens is 1. The fourth-order valence-electron chi connectivity index (χ4n) is 1.58. The first-order valence-electron chi connectivity index (χ1n) is 5.57. The number of carboxylic acids is 1. The Labute approximate surface area is 118 Å². The topological polar surface area (TPSA) is 72.6 Å². The van der Waals surface area contributed by atoms with Crippen molar-refractivity contribution in [2.75, 3.05) is 5.73 Å². The standard InChI is InChI=1S/C14H12BrNO3/c15-11-4-2-1-3-10(11)8-19-13-6-5-9(14(17)18)7-12(13)16/h1-7H,8,16H2,(H,17,18). The molecule has 0 aliphatic heterocycles. The van der Waals surface area contributed by atoms with Gasteiger partial charge in [0.2, 0.25) is 0 Å². The summed E-state index contributed by atoms with van der Waals surface area (Å²) in [4.78, 5) is 10.8. The van der Waals surface area contributed by atoms with Crippen molar-refractivity contribution in [3.05, 3.63) is 58.1 Å². The lowest BCUT2D eigenvalue weighted by molar-refractivity contribution is 0.0697. The molecular weight excluding hydrogens is 310 g/mol. The third-order valence-corrected chi connectivity index (χ3v) is 3.37. The average molecular weight is 322 g/mol. The van der Waals surface area contributed by atoms with Gasteiger partial charge < -0.3 is 15.6 Å². The highest BCUT2D eigenvalue weighted by molar-refractivity contribution is 9.10. The third kappa shape index (κ3) is 3.26. The SMILES string of the molecule is Nc1cc(C(=O)O)ccc1OCc1ccccc1Br. The molecule has 0 bridgehead atoms. The zero-order valence-electron chi connectivity index (χ0n) is 9.97. The van der Waals surface area contributed by atoms with Crippen molar-refractivity contribution in [1.29, 1.82) is 0 Å². The lowest BCUT2D eigenvalue weighted by Gasteiger charge is -2.10. The number of ether oxygens (including phenoxy) is 1. The highest BCUT2D eigenvalue weighted by atomic mass is 79.9. The Bertz CT molecular complexity index is 613. The van der Waals surface area contributed by atoms with Crippen LogP contribution in [0, 0.1) is 0 Å². The van der Waals surface area contributed by atoms with Crippen molar-refractivity contribution in [3.63, 3.8) is 0 Å². The number of nitrogens with two attached hydrogens (primary N) is 1. The molecule has 2 aromatic carbocycles. The largest absolute Gasteiger partial charge is 0.487 e. The fourth-order valence-corrected chi connectivity index (χ4v) is 1.98. The molecule has 19 heavy (non-hydrogen) atoms. The number of carboxylic acid groups (broad SMARTS) is 1. The van der Waals surface area contributed by atoms with Crippen LogP contribution in [0.2, 0.25) is 0 Å². The lowest BCUT2D eigenvalue weighted by atomic mass is 10.2. The summed E-state index contributed by atoms with van der Waals surface area (Å²) in [7, 11) is 0. The van der Waals surface area contributed by atoms with E-state index in [1.807, 2.05) is 24.3 Å². The van der Waals surface area contributed by atoms with E-state index >= 15 is 0 Å². The molecule has 4 nitrogen and oxygen atoms in total. The predicted molar refractivity (Wildman–Crippen MR) is 76.3 cm³/mol. The van der Waals surface area contributed by atoms with E-state index < -0.39 is 5.97 Å². The minimum absolute atomic E-state index is 0.144. The van der Waals surface area contributed by atoms with Crippen LogP contribution in [-0.4, -0.2) is 11.1 Å². The van der Waals surface area contributed by atoms with E-state index in [0.29, 0.717) is 18.0 Å². The number of nitrogen functional groups attached to an aromatic ring is 1. The molecule has 0 spiro atoms. The molecule has 98 valence electrons. The first-order chi connectivity index (χ1) is 9.08. The Balaban J connectivity index is 2.12. The third-order valence-electron chi connectivity index (χ3n) is 2.60. The second-order valence-electron chi connectivity index (χ2n) is 3.94. The van der Waals surface area contributed by atoms with Crippen molar-refractivity contribution >= 4 is 27.6 Å². The second kappa shape index (κ2) is 5.75. The zero-order valence-corrected chi connectivity index (χ0v) is 11.6. The zero-order chi connectivity index (χ0) is 13.8. The molecule has 0 saturated heterocycles. The Morgan fingerprint density at radius 3 is 2.63 bits per heavy atom. The maximum absolute atomic E-state index is 10.8. The maximum atomic E-state index is 10.8. The van der Waals surface area contributed by atoms with Crippen LogP contribution in [0.3, 0.4) is 0 Å². The Morgan fingerprint density at radius 1 is 1.26 bits per heavy atom. The first-order valence-corrected chi connectivity index (χ1v) is 6.36. The molecule has 5 heteroatoms. The molecule has 0 saturated carbocycles. The molecule has 0 unspecified atom stereocenters. The van der Waals surface area contributed by atoms with Crippen LogP contribution in [-0.2, 0) is 6.61 Å². The van der Waals surface area contributed by atoms with Gasteiger partial charge in [-0.05, 0) is 24.3 Å². The van der Waals surface area contributed by atoms with E-state index in [-0.39, 0.29) is 5.56 Å². The summed E-state index contributed by atoms with van der Waals surface area (Å²) in [5, 5.41) is 8.84. The Hall–Kier alpha value is -2.01. The number of hydrogen-bond acceptors (Lipinski definition) is 3. The monoisotopic (exact) mass is 321 g/mol. The van der Waals surface area contributed by atoms with Crippen molar-refractivity contribution in [1.82, 2.24) is 0 Å². The summed E-state index contributed by atoms with van der Waals surface area (Å²) in [6, 6.07) is 12.1. The van der Waals surface area contributed by atoms with Crippen LogP contribution in [0.15, 0.2) is 46.9 Å². The van der Waals surface area contributed by atoms with Crippen molar-refractivity contribution in [2.45, 2.75) is 6.61 Å². The first kappa shape index (κ1) is 13.4. The van der Waals surface area contributed by atoms with Gasteiger partial charge in [0.1, 0.15) is 12.4 Å². The smallest absolute Gasteiger partial charge is 0.335 e. The molecular formula is C14H12BrNO3. The Morgan fingerprint density at radius 2 is 2.00 bits per heavy atom. The van der Waals surface area contributed by atoms with E-state index in [2.05, 4.69) is 15.9 Å². The number of anilines is 1. The molecule has 2 aromatic rings. The van der Waals surface area contributed by atoms with Gasteiger partial charge in [-0.1, -0.05) is 34.1 Å². The van der Waals surface area contributed by atoms with Crippen LogP contribution in [0.1, 0.15) is 15.9 Å². The van der Waals surface area contributed by atoms with Gasteiger partial charge >= 0.3 is 5.97 Å². The molecule has 3 N–H and O–H groups in total. The summed E-state index contributed by atoms with van der Waals surface area (Å²) in [6.45, 7) is 0.359. The minimum atomic E-state index is -1.01. The molecule has 0 aliphatic carbocycles. The van der Waals surface area contributed by atoms with Gasteiger partial charge in [-0.3, -0.25) is 0 Å². The quantitative estimate of drug-likeness (QED) is 0.847. The van der Waals surface area contributed by atoms with Gasteiger partial charge in [-0.15, -0.1) is 0 Å². The normalized spacial score (nSPS) is 10.2. The van der Waals surface area contributed by atoms with E-state index in [1.54, 1.807) is 6.07 Å². The van der Waals surface area contributed by atoms with Gasteiger partial charge in [0.25, 0.3) is 0 Å². The van der Waals surface area contributed by atoms with Gasteiger partial charge in [0, 0.05) is 10.0 Å². The summed E-state index contributed by atoms with van der Waals surface area (Å²) < 4.78 is 6.54. The average Bonchev–Trinajstić information content (AvgIpc) is 2.39. The van der Waals surface area contributed by atoms with Crippen molar-refractivity contribution < 1.29 is 14.6 Å². The summed E-state index contributed by atoms with van der Waals surface area (Å²) in [5.74, 6) is -0.537. The summed E-state index contributed by atoms with van der Waals surface area (Å²) in [6.07, 6.45) is 0.